The van der Waals surface area contributed by atoms with Crippen molar-refractivity contribution in [1.29, 1.82) is 0 Å². The molecule has 23 heteroatoms. The molecular formula is C26H50O19P4. The van der Waals surface area contributed by atoms with Gasteiger partial charge in [0.05, 0.1) is 44.2 Å². The summed E-state index contributed by atoms with van der Waals surface area (Å²) in [6.45, 7) is -1.02. The van der Waals surface area contributed by atoms with Gasteiger partial charge in [0.15, 0.2) is 0 Å². The summed E-state index contributed by atoms with van der Waals surface area (Å²) in [5.41, 5.74) is -1.74. The first-order valence-corrected chi connectivity index (χ1v) is 21.9. The summed E-state index contributed by atoms with van der Waals surface area (Å²) in [7, 11) is -5.77. The van der Waals surface area contributed by atoms with Gasteiger partial charge in [-0.05, 0) is 0 Å². The molecule has 0 saturated carbocycles. The molecule has 0 rings (SSSR count). The Labute approximate surface area is 287 Å². The highest BCUT2D eigenvalue weighted by molar-refractivity contribution is 7.59. The molecule has 0 bridgehead atoms. The van der Waals surface area contributed by atoms with Crippen LogP contribution in [0.4, 0.5) is 0 Å². The lowest BCUT2D eigenvalue weighted by Crippen LogP contribution is -2.44. The smallest absolute Gasteiger partial charge is 0.330 e. The van der Waals surface area contributed by atoms with Crippen LogP contribution < -0.4 is 0 Å². The van der Waals surface area contributed by atoms with Gasteiger partial charge in [0.2, 0.25) is 7.37 Å². The van der Waals surface area contributed by atoms with Crippen LogP contribution in [-0.2, 0) is 88.1 Å². The number of ether oxygens (including phenoxy) is 4. The van der Waals surface area contributed by atoms with E-state index in [1.165, 1.54) is 7.11 Å². The fourth-order valence-corrected chi connectivity index (χ4v) is 7.76. The molecule has 0 aliphatic heterocycles. The molecule has 0 aliphatic carbocycles. The van der Waals surface area contributed by atoms with Crippen LogP contribution in [0.1, 0.15) is 32.6 Å². The van der Waals surface area contributed by atoms with Crippen molar-refractivity contribution >= 4 is 54.0 Å². The molecule has 0 heterocycles. The van der Waals surface area contributed by atoms with Gasteiger partial charge in [0, 0.05) is 62.1 Å². The number of carbonyl (C=O) groups is 4. The predicted octanol–water partition coefficient (Wildman–Crippen LogP) is 4.11. The zero-order chi connectivity index (χ0) is 37.8. The topological polar surface area (TPSA) is 238 Å². The molecule has 0 spiro atoms. The summed E-state index contributed by atoms with van der Waals surface area (Å²) in [6.07, 6.45) is -2.66. The first-order valence-electron chi connectivity index (χ1n) is 14.8. The van der Waals surface area contributed by atoms with Gasteiger partial charge in [0.1, 0.15) is 31.8 Å². The Morgan fingerprint density at radius 2 is 0.673 bits per heavy atom. The summed E-state index contributed by atoms with van der Waals surface area (Å²) in [4.78, 5) is 50.8. The molecule has 288 valence electrons. The van der Waals surface area contributed by atoms with Crippen LogP contribution in [0, 0.1) is 5.41 Å². The third kappa shape index (κ3) is 18.5. The normalized spacial score (nSPS) is 13.7. The van der Waals surface area contributed by atoms with Gasteiger partial charge in [-0.2, -0.15) is 0 Å². The van der Waals surface area contributed by atoms with Gasteiger partial charge >= 0.3 is 46.7 Å². The quantitative estimate of drug-likeness (QED) is 0.0615. The van der Waals surface area contributed by atoms with Crippen molar-refractivity contribution in [1.82, 2.24) is 0 Å². The molecule has 49 heavy (non-hydrogen) atoms. The lowest BCUT2D eigenvalue weighted by Gasteiger charge is -2.32. The zero-order valence-corrected chi connectivity index (χ0v) is 32.8. The molecule has 0 aromatic rings. The highest BCUT2D eigenvalue weighted by Crippen LogP contribution is 2.48. The lowest BCUT2D eigenvalue weighted by molar-refractivity contribution is -0.170. The van der Waals surface area contributed by atoms with Crippen LogP contribution in [0.5, 0.6) is 0 Å². The van der Waals surface area contributed by atoms with Gasteiger partial charge in [0.25, 0.3) is 0 Å². The molecular weight excluding hydrogens is 740 g/mol. The van der Waals surface area contributed by atoms with Gasteiger partial charge in [-0.25, -0.2) is 0 Å². The maximum absolute atomic E-state index is 12.7. The summed E-state index contributed by atoms with van der Waals surface area (Å²) >= 11 is 0. The van der Waals surface area contributed by atoms with Crippen molar-refractivity contribution in [3.8, 4) is 0 Å². The van der Waals surface area contributed by atoms with Crippen molar-refractivity contribution in [3.05, 3.63) is 0 Å². The van der Waals surface area contributed by atoms with E-state index in [0.29, 0.717) is 0 Å². The van der Waals surface area contributed by atoms with Crippen LogP contribution in [0.25, 0.3) is 0 Å². The molecule has 0 amide bonds. The summed E-state index contributed by atoms with van der Waals surface area (Å²) in [6, 6.07) is 0. The minimum Gasteiger partial charge on any atom is -0.465 e. The average Bonchev–Trinajstić information content (AvgIpc) is 3.13. The van der Waals surface area contributed by atoms with Crippen molar-refractivity contribution in [2.24, 2.45) is 5.41 Å². The van der Waals surface area contributed by atoms with E-state index in [9.17, 15) is 37.4 Å². The van der Waals surface area contributed by atoms with E-state index in [1.54, 1.807) is 6.92 Å². The third-order valence-corrected chi connectivity index (χ3v) is 15.3. The summed E-state index contributed by atoms with van der Waals surface area (Å²) in [5.74, 6) is -3.57. The van der Waals surface area contributed by atoms with E-state index < -0.39 is 105 Å². The number of esters is 4. The van der Waals surface area contributed by atoms with E-state index in [1.807, 2.05) is 0 Å². The molecule has 0 aromatic carbocycles. The maximum atomic E-state index is 12.7. The van der Waals surface area contributed by atoms with Crippen molar-refractivity contribution in [2.75, 3.05) is 107 Å². The second-order valence-electron chi connectivity index (χ2n) is 10.3. The summed E-state index contributed by atoms with van der Waals surface area (Å²) in [5, 5.41) is 0. The Balaban J connectivity index is 6.22. The van der Waals surface area contributed by atoms with Gasteiger partial charge in [-0.1, -0.05) is 6.92 Å². The van der Waals surface area contributed by atoms with Crippen LogP contribution in [0.3, 0.4) is 0 Å². The van der Waals surface area contributed by atoms with E-state index >= 15 is 0 Å². The first kappa shape index (κ1) is 47.5. The molecule has 0 saturated heterocycles. The van der Waals surface area contributed by atoms with Crippen LogP contribution >= 0.6 is 30.2 Å². The van der Waals surface area contributed by atoms with Crippen LogP contribution in [0.15, 0.2) is 0 Å². The van der Waals surface area contributed by atoms with Crippen LogP contribution in [-0.4, -0.2) is 131 Å². The van der Waals surface area contributed by atoms with E-state index in [2.05, 4.69) is 0 Å². The molecule has 0 N–H and O–H groups in total. The van der Waals surface area contributed by atoms with E-state index in [-0.39, 0.29) is 37.2 Å². The lowest BCUT2D eigenvalue weighted by atomic mass is 9.92. The van der Waals surface area contributed by atoms with Crippen molar-refractivity contribution in [2.45, 2.75) is 32.6 Å². The second-order valence-corrected chi connectivity index (χ2v) is 20.6. The largest absolute Gasteiger partial charge is 0.465 e. The molecule has 0 fully saturated rings. The Kier molecular flexibility index (Phi) is 22.5. The summed E-state index contributed by atoms with van der Waals surface area (Å²) < 4.78 is 105. The third-order valence-electron chi connectivity index (χ3n) is 7.07. The highest BCUT2D eigenvalue weighted by Gasteiger charge is 2.39. The highest BCUT2D eigenvalue weighted by atomic mass is 31.2. The molecule has 0 aliphatic rings. The average molecular weight is 791 g/mol. The first-order chi connectivity index (χ1) is 22.9. The van der Waals surface area contributed by atoms with E-state index in [0.717, 1.165) is 42.7 Å². The van der Waals surface area contributed by atoms with E-state index in [4.69, 9.17) is 50.6 Å². The minimum atomic E-state index is -3.59. The molecule has 19 nitrogen and oxygen atoms in total. The molecule has 0 aromatic heterocycles. The SMILES string of the molecule is CCP(=O)(CCC(=O)OCC(COC(=O)CCP(=O)(OC)OC)(COC(=O)CCP(=O)(OC)OC)COC(=O)CCP(=O)(OC)OC)OC. The monoisotopic (exact) mass is 790 g/mol. The fourth-order valence-electron chi connectivity index (χ4n) is 3.57. The van der Waals surface area contributed by atoms with Crippen LogP contribution in [0.2, 0.25) is 0 Å². The van der Waals surface area contributed by atoms with Gasteiger partial charge in [-0.3, -0.25) is 37.4 Å². The predicted molar refractivity (Wildman–Crippen MR) is 174 cm³/mol. The Hall–Kier alpha value is -1.48. The minimum absolute atomic E-state index is 0.137. The van der Waals surface area contributed by atoms with Gasteiger partial charge < -0.3 is 50.6 Å². The van der Waals surface area contributed by atoms with Gasteiger partial charge in [-0.15, -0.1) is 0 Å². The Morgan fingerprint density at radius 1 is 0.429 bits per heavy atom. The number of hydrogen-bond donors (Lipinski definition) is 0. The fraction of sp³-hybridized carbons (Fsp3) is 0.846. The van der Waals surface area contributed by atoms with Crippen molar-refractivity contribution < 1.29 is 88.1 Å². The molecule has 1 atom stereocenters. The number of carbonyl (C=O) groups excluding carboxylic acids is 4. The maximum Gasteiger partial charge on any atom is 0.330 e. The zero-order valence-electron chi connectivity index (χ0n) is 29.2. The van der Waals surface area contributed by atoms with Crippen molar-refractivity contribution in [3.63, 3.8) is 0 Å². The molecule has 1 unspecified atom stereocenters. The Morgan fingerprint density at radius 3 is 0.878 bits per heavy atom. The standard InChI is InChI=1S/C26H50O19P4/c1-9-46(31,35-2)14-10-22(27)42-18-26(19-43-23(28)11-15-47(32,36-3)37-4,20-44-24(29)12-16-48(33,38-5)39-6)21-45-25(30)13-17-49(34,40-7)41-8/h9-21H2,1-8H3. The number of rotatable bonds is 28. The number of hydrogen-bond acceptors (Lipinski definition) is 19. The second kappa shape index (κ2) is 23.2. The molecule has 0 radical (unpaired) electrons. The Bertz CT molecular complexity index is 1030.